The van der Waals surface area contributed by atoms with Crippen LogP contribution in [0.2, 0.25) is 0 Å². The summed E-state index contributed by atoms with van der Waals surface area (Å²) in [5.74, 6) is 0.0343. The van der Waals surface area contributed by atoms with Crippen molar-refractivity contribution in [3.05, 3.63) is 23.8 Å². The molecule has 0 spiro atoms. The van der Waals surface area contributed by atoms with Crippen molar-refractivity contribution in [1.82, 2.24) is 0 Å². The number of anilines is 2. The number of carbonyl (C=O) groups is 2. The molecule has 0 saturated heterocycles. The van der Waals surface area contributed by atoms with Crippen LogP contribution in [-0.4, -0.2) is 18.4 Å². The lowest BCUT2D eigenvalue weighted by Crippen LogP contribution is -2.22. The van der Waals surface area contributed by atoms with E-state index in [0.29, 0.717) is 23.7 Å². The molecule has 0 atom stereocenters. The maximum atomic E-state index is 11.7. The Balaban J connectivity index is 2.86. The van der Waals surface area contributed by atoms with Crippen molar-refractivity contribution in [2.45, 2.75) is 33.6 Å². The van der Waals surface area contributed by atoms with Crippen LogP contribution in [0, 0.1) is 5.92 Å². The maximum Gasteiger partial charge on any atom is 0.238 e. The predicted octanol–water partition coefficient (Wildman–Crippen LogP) is 2.13. The fourth-order valence-corrected chi connectivity index (χ4v) is 1.86. The molecular weight excluding hydrogens is 254 g/mol. The normalized spacial score (nSPS) is 10.4. The van der Waals surface area contributed by atoms with E-state index in [1.807, 2.05) is 32.9 Å². The first-order valence-electron chi connectivity index (χ1n) is 6.89. The van der Waals surface area contributed by atoms with Crippen LogP contribution in [0.5, 0.6) is 0 Å². The van der Waals surface area contributed by atoms with Gasteiger partial charge in [0.25, 0.3) is 0 Å². The van der Waals surface area contributed by atoms with E-state index in [1.165, 1.54) is 0 Å². The number of nitrogens with one attached hydrogen (secondary N) is 2. The van der Waals surface area contributed by atoms with Gasteiger partial charge in [0.05, 0.1) is 6.54 Å². The average Bonchev–Trinajstić information content (AvgIpc) is 2.37. The molecule has 5 heteroatoms. The summed E-state index contributed by atoms with van der Waals surface area (Å²) in [4.78, 5) is 23.2. The number of hydrogen-bond acceptors (Lipinski definition) is 3. The molecule has 5 nitrogen and oxygen atoms in total. The third-order valence-corrected chi connectivity index (χ3v) is 2.83. The summed E-state index contributed by atoms with van der Waals surface area (Å²) in [6.45, 7) is 5.93. The van der Waals surface area contributed by atoms with Crippen molar-refractivity contribution in [3.8, 4) is 0 Å². The molecule has 0 aromatic heterocycles. The molecule has 0 fully saturated rings. The van der Waals surface area contributed by atoms with Crippen LogP contribution < -0.4 is 16.4 Å². The maximum absolute atomic E-state index is 11.7. The zero-order valence-electron chi connectivity index (χ0n) is 12.3. The van der Waals surface area contributed by atoms with E-state index in [9.17, 15) is 9.59 Å². The van der Waals surface area contributed by atoms with Gasteiger partial charge in [-0.15, -0.1) is 0 Å². The molecule has 0 radical (unpaired) electrons. The summed E-state index contributed by atoms with van der Waals surface area (Å²) >= 11 is 0. The van der Waals surface area contributed by atoms with Crippen LogP contribution in [0.4, 0.5) is 11.4 Å². The second kappa shape index (κ2) is 7.65. The molecule has 0 heterocycles. The molecule has 2 amide bonds. The number of hydrogen-bond donors (Lipinski definition) is 3. The van der Waals surface area contributed by atoms with Gasteiger partial charge in [0.15, 0.2) is 0 Å². The van der Waals surface area contributed by atoms with Crippen molar-refractivity contribution < 1.29 is 9.59 Å². The van der Waals surface area contributed by atoms with Gasteiger partial charge in [-0.2, -0.15) is 0 Å². The molecule has 0 aliphatic rings. The number of amides is 2. The highest BCUT2D eigenvalue weighted by Crippen LogP contribution is 2.22. The Bertz CT molecular complexity index is 484. The van der Waals surface area contributed by atoms with Crippen LogP contribution in [0.15, 0.2) is 18.2 Å². The minimum absolute atomic E-state index is 0.0275. The Hall–Kier alpha value is -1.88. The van der Waals surface area contributed by atoms with Gasteiger partial charge in [-0.25, -0.2) is 0 Å². The van der Waals surface area contributed by atoms with Crippen molar-refractivity contribution >= 4 is 23.2 Å². The highest BCUT2D eigenvalue weighted by Gasteiger charge is 2.09. The van der Waals surface area contributed by atoms with Gasteiger partial charge in [-0.1, -0.05) is 26.8 Å². The third kappa shape index (κ3) is 5.01. The quantitative estimate of drug-likeness (QED) is 0.744. The van der Waals surface area contributed by atoms with Crippen molar-refractivity contribution in [2.75, 3.05) is 17.2 Å². The van der Waals surface area contributed by atoms with Gasteiger partial charge in [0, 0.05) is 17.8 Å². The molecule has 4 N–H and O–H groups in total. The van der Waals surface area contributed by atoms with E-state index in [0.717, 1.165) is 12.0 Å². The summed E-state index contributed by atoms with van der Waals surface area (Å²) in [6, 6.07) is 5.51. The van der Waals surface area contributed by atoms with Crippen molar-refractivity contribution in [3.63, 3.8) is 0 Å². The lowest BCUT2D eigenvalue weighted by Gasteiger charge is -2.13. The predicted molar refractivity (Wildman–Crippen MR) is 81.6 cm³/mol. The number of aryl methyl sites for hydroxylation is 1. The minimum atomic E-state index is -0.245. The van der Waals surface area contributed by atoms with E-state index < -0.39 is 0 Å². The molecule has 0 saturated carbocycles. The summed E-state index contributed by atoms with van der Waals surface area (Å²) in [5.41, 5.74) is 7.69. The van der Waals surface area contributed by atoms with E-state index in [-0.39, 0.29) is 18.4 Å². The zero-order chi connectivity index (χ0) is 15.1. The molecule has 1 aromatic carbocycles. The lowest BCUT2D eigenvalue weighted by atomic mass is 10.1. The summed E-state index contributed by atoms with van der Waals surface area (Å²) in [7, 11) is 0. The lowest BCUT2D eigenvalue weighted by molar-refractivity contribution is -0.117. The van der Waals surface area contributed by atoms with Crippen LogP contribution in [0.3, 0.4) is 0 Å². The molecule has 1 rings (SSSR count). The Morgan fingerprint density at radius 2 is 1.90 bits per heavy atom. The van der Waals surface area contributed by atoms with Crippen LogP contribution in [0.1, 0.15) is 32.8 Å². The number of benzene rings is 1. The molecule has 0 unspecified atom stereocenters. The van der Waals surface area contributed by atoms with E-state index in [4.69, 9.17) is 5.73 Å². The van der Waals surface area contributed by atoms with Crippen molar-refractivity contribution in [1.29, 1.82) is 0 Å². The first-order valence-corrected chi connectivity index (χ1v) is 6.89. The van der Waals surface area contributed by atoms with E-state index >= 15 is 0 Å². The SMILES string of the molecule is CCc1ccc(NC(=O)CC(C)C)cc1NC(=O)CN. The fourth-order valence-electron chi connectivity index (χ4n) is 1.86. The largest absolute Gasteiger partial charge is 0.326 e. The second-order valence-electron chi connectivity index (χ2n) is 5.12. The van der Waals surface area contributed by atoms with Gasteiger partial charge < -0.3 is 16.4 Å². The highest BCUT2D eigenvalue weighted by molar-refractivity contribution is 5.95. The van der Waals surface area contributed by atoms with Crippen molar-refractivity contribution in [2.24, 2.45) is 11.7 Å². The minimum Gasteiger partial charge on any atom is -0.326 e. The fraction of sp³-hybridized carbons (Fsp3) is 0.467. The zero-order valence-corrected chi connectivity index (χ0v) is 12.3. The number of nitrogens with two attached hydrogens (primary N) is 1. The van der Waals surface area contributed by atoms with Gasteiger partial charge in [-0.05, 0) is 30.0 Å². The molecule has 1 aromatic rings. The third-order valence-electron chi connectivity index (χ3n) is 2.83. The average molecular weight is 277 g/mol. The monoisotopic (exact) mass is 277 g/mol. The smallest absolute Gasteiger partial charge is 0.238 e. The molecule has 110 valence electrons. The molecular formula is C15H23N3O2. The van der Waals surface area contributed by atoms with Crippen LogP contribution >= 0.6 is 0 Å². The molecule has 0 aliphatic carbocycles. The Kier molecular flexibility index (Phi) is 6.18. The number of rotatable bonds is 6. The first-order chi connectivity index (χ1) is 9.46. The van der Waals surface area contributed by atoms with E-state index in [2.05, 4.69) is 10.6 Å². The standard InChI is InChI=1S/C15H23N3O2/c1-4-11-5-6-12(17-14(19)7-10(2)3)8-13(11)18-15(20)9-16/h5-6,8,10H,4,7,9,16H2,1-3H3,(H,17,19)(H,18,20). The van der Waals surface area contributed by atoms with Gasteiger partial charge >= 0.3 is 0 Å². The number of carbonyl (C=O) groups excluding carboxylic acids is 2. The Morgan fingerprint density at radius 1 is 1.20 bits per heavy atom. The topological polar surface area (TPSA) is 84.2 Å². The van der Waals surface area contributed by atoms with Gasteiger partial charge in [0.1, 0.15) is 0 Å². The summed E-state index contributed by atoms with van der Waals surface area (Å²) in [5, 5.41) is 5.59. The summed E-state index contributed by atoms with van der Waals surface area (Å²) in [6.07, 6.45) is 1.26. The first kappa shape index (κ1) is 16.2. The van der Waals surface area contributed by atoms with Gasteiger partial charge in [0.2, 0.25) is 11.8 Å². The molecule has 20 heavy (non-hydrogen) atoms. The second-order valence-corrected chi connectivity index (χ2v) is 5.12. The van der Waals surface area contributed by atoms with Crippen LogP contribution in [-0.2, 0) is 16.0 Å². The van der Waals surface area contributed by atoms with E-state index in [1.54, 1.807) is 6.07 Å². The Labute approximate surface area is 119 Å². The highest BCUT2D eigenvalue weighted by atomic mass is 16.2. The van der Waals surface area contributed by atoms with Gasteiger partial charge in [-0.3, -0.25) is 9.59 Å². The Morgan fingerprint density at radius 3 is 2.45 bits per heavy atom. The summed E-state index contributed by atoms with van der Waals surface area (Å²) < 4.78 is 0. The molecule has 0 aliphatic heterocycles. The molecule has 0 bridgehead atoms. The van der Waals surface area contributed by atoms with Crippen LogP contribution in [0.25, 0.3) is 0 Å².